The lowest BCUT2D eigenvalue weighted by atomic mass is 9.89. The van der Waals surface area contributed by atoms with Crippen LogP contribution in [0.25, 0.3) is 11.1 Å². The molecule has 0 heterocycles. The molecular formula is C24H26O2. The lowest BCUT2D eigenvalue weighted by molar-refractivity contribution is 0.280. The molecule has 1 N–H and O–H groups in total. The van der Waals surface area contributed by atoms with Gasteiger partial charge in [-0.1, -0.05) is 73.7 Å². The molecule has 0 radical (unpaired) electrons. The molecule has 0 fully saturated rings. The van der Waals surface area contributed by atoms with Gasteiger partial charge < -0.3 is 9.84 Å². The second-order valence-electron chi connectivity index (χ2n) is 6.66. The highest BCUT2D eigenvalue weighted by atomic mass is 16.5. The molecule has 0 saturated carbocycles. The standard InChI is InChI=1S/C24H26O2/c1-19(9-8-16-25)24-17-22(26-18-20-10-4-2-5-11-20)14-15-23(24)21-12-6-3-7-13-21/h2-7,10-15,17,19,25H,8-9,16,18H2,1H3. The van der Waals surface area contributed by atoms with E-state index in [0.717, 1.165) is 24.2 Å². The minimum Gasteiger partial charge on any atom is -0.489 e. The number of rotatable bonds is 8. The quantitative estimate of drug-likeness (QED) is 0.558. The van der Waals surface area contributed by atoms with Crippen molar-refractivity contribution in [3.05, 3.63) is 90.0 Å². The van der Waals surface area contributed by atoms with Gasteiger partial charge in [-0.3, -0.25) is 0 Å². The van der Waals surface area contributed by atoms with Gasteiger partial charge in [-0.15, -0.1) is 0 Å². The number of aliphatic hydroxyl groups excluding tert-OH is 1. The molecule has 2 nitrogen and oxygen atoms in total. The molecule has 3 rings (SSSR count). The summed E-state index contributed by atoms with van der Waals surface area (Å²) >= 11 is 0. The predicted molar refractivity (Wildman–Crippen MR) is 107 cm³/mol. The van der Waals surface area contributed by atoms with Crippen molar-refractivity contribution in [3.63, 3.8) is 0 Å². The summed E-state index contributed by atoms with van der Waals surface area (Å²) < 4.78 is 6.03. The Labute approximate surface area is 156 Å². The van der Waals surface area contributed by atoms with Gasteiger partial charge in [-0.25, -0.2) is 0 Å². The fourth-order valence-corrected chi connectivity index (χ4v) is 3.21. The summed E-state index contributed by atoms with van der Waals surface area (Å²) in [4.78, 5) is 0. The van der Waals surface area contributed by atoms with E-state index >= 15 is 0 Å². The SMILES string of the molecule is CC(CCCO)c1cc(OCc2ccccc2)ccc1-c1ccccc1. The van der Waals surface area contributed by atoms with E-state index in [1.165, 1.54) is 16.7 Å². The fraction of sp³-hybridized carbons (Fsp3) is 0.250. The molecular weight excluding hydrogens is 320 g/mol. The topological polar surface area (TPSA) is 29.5 Å². The van der Waals surface area contributed by atoms with Crippen LogP contribution in [-0.2, 0) is 6.61 Å². The van der Waals surface area contributed by atoms with Crippen molar-refractivity contribution in [2.75, 3.05) is 6.61 Å². The smallest absolute Gasteiger partial charge is 0.120 e. The van der Waals surface area contributed by atoms with Crippen molar-refractivity contribution in [1.82, 2.24) is 0 Å². The van der Waals surface area contributed by atoms with Crippen molar-refractivity contribution in [1.29, 1.82) is 0 Å². The number of benzene rings is 3. The van der Waals surface area contributed by atoms with Crippen LogP contribution in [0.3, 0.4) is 0 Å². The Hall–Kier alpha value is -2.58. The van der Waals surface area contributed by atoms with Gasteiger partial charge in [0, 0.05) is 6.61 Å². The van der Waals surface area contributed by atoms with Crippen LogP contribution in [0.2, 0.25) is 0 Å². The third kappa shape index (κ3) is 4.74. The van der Waals surface area contributed by atoms with Crippen LogP contribution in [0.15, 0.2) is 78.9 Å². The number of ether oxygens (including phenoxy) is 1. The van der Waals surface area contributed by atoms with E-state index in [1.807, 2.05) is 30.3 Å². The monoisotopic (exact) mass is 346 g/mol. The Morgan fingerprint density at radius 2 is 1.58 bits per heavy atom. The Bertz CT molecular complexity index is 797. The number of hydrogen-bond acceptors (Lipinski definition) is 2. The largest absolute Gasteiger partial charge is 0.489 e. The van der Waals surface area contributed by atoms with E-state index in [9.17, 15) is 5.11 Å². The van der Waals surface area contributed by atoms with Gasteiger partial charge in [-0.05, 0) is 53.1 Å². The average molecular weight is 346 g/mol. The third-order valence-corrected chi connectivity index (χ3v) is 4.68. The van der Waals surface area contributed by atoms with E-state index < -0.39 is 0 Å². The van der Waals surface area contributed by atoms with Gasteiger partial charge in [0.1, 0.15) is 12.4 Å². The van der Waals surface area contributed by atoms with E-state index in [-0.39, 0.29) is 6.61 Å². The van der Waals surface area contributed by atoms with Crippen molar-refractivity contribution in [2.45, 2.75) is 32.3 Å². The molecule has 0 bridgehead atoms. The molecule has 0 saturated heterocycles. The van der Waals surface area contributed by atoms with Crippen LogP contribution in [-0.4, -0.2) is 11.7 Å². The Morgan fingerprint density at radius 3 is 2.27 bits per heavy atom. The highest BCUT2D eigenvalue weighted by Gasteiger charge is 2.13. The molecule has 0 aromatic heterocycles. The maximum absolute atomic E-state index is 9.19. The molecule has 2 heteroatoms. The van der Waals surface area contributed by atoms with Gasteiger partial charge in [0.25, 0.3) is 0 Å². The minimum absolute atomic E-state index is 0.231. The van der Waals surface area contributed by atoms with Crippen LogP contribution in [0.5, 0.6) is 5.75 Å². The van der Waals surface area contributed by atoms with Gasteiger partial charge in [0.05, 0.1) is 0 Å². The van der Waals surface area contributed by atoms with Crippen LogP contribution in [0, 0.1) is 0 Å². The normalized spacial score (nSPS) is 11.9. The van der Waals surface area contributed by atoms with E-state index in [2.05, 4.69) is 55.5 Å². The lowest BCUT2D eigenvalue weighted by Gasteiger charge is -2.18. The van der Waals surface area contributed by atoms with Crippen LogP contribution in [0.1, 0.15) is 36.8 Å². The van der Waals surface area contributed by atoms with E-state index in [4.69, 9.17) is 4.74 Å². The molecule has 0 spiro atoms. The van der Waals surface area contributed by atoms with Gasteiger partial charge >= 0.3 is 0 Å². The average Bonchev–Trinajstić information content (AvgIpc) is 2.71. The molecule has 0 aliphatic heterocycles. The van der Waals surface area contributed by atoms with Crippen LogP contribution >= 0.6 is 0 Å². The Balaban J connectivity index is 1.86. The molecule has 26 heavy (non-hydrogen) atoms. The Kier molecular flexibility index (Phi) is 6.45. The summed E-state index contributed by atoms with van der Waals surface area (Å²) in [6, 6.07) is 27.0. The highest BCUT2D eigenvalue weighted by molar-refractivity contribution is 5.69. The zero-order chi connectivity index (χ0) is 18.2. The Morgan fingerprint density at radius 1 is 0.885 bits per heavy atom. The minimum atomic E-state index is 0.231. The summed E-state index contributed by atoms with van der Waals surface area (Å²) in [5.74, 6) is 1.25. The summed E-state index contributed by atoms with van der Waals surface area (Å²) in [6.45, 7) is 3.02. The molecule has 1 atom stereocenters. The van der Waals surface area contributed by atoms with Crippen molar-refractivity contribution in [2.24, 2.45) is 0 Å². The number of hydrogen-bond donors (Lipinski definition) is 1. The molecule has 0 aliphatic rings. The van der Waals surface area contributed by atoms with Crippen molar-refractivity contribution >= 4 is 0 Å². The summed E-state index contributed by atoms with van der Waals surface area (Å²) in [5, 5.41) is 9.19. The fourth-order valence-electron chi connectivity index (χ4n) is 3.21. The molecule has 0 aliphatic carbocycles. The maximum atomic E-state index is 9.19. The maximum Gasteiger partial charge on any atom is 0.120 e. The van der Waals surface area contributed by atoms with E-state index in [0.29, 0.717) is 12.5 Å². The third-order valence-electron chi connectivity index (χ3n) is 4.68. The first-order chi connectivity index (χ1) is 12.8. The second-order valence-corrected chi connectivity index (χ2v) is 6.66. The first-order valence-corrected chi connectivity index (χ1v) is 9.25. The molecule has 134 valence electrons. The highest BCUT2D eigenvalue weighted by Crippen LogP contribution is 2.34. The summed E-state index contributed by atoms with van der Waals surface area (Å²) in [7, 11) is 0. The van der Waals surface area contributed by atoms with Crippen LogP contribution in [0.4, 0.5) is 0 Å². The van der Waals surface area contributed by atoms with Gasteiger partial charge in [0.15, 0.2) is 0 Å². The van der Waals surface area contributed by atoms with E-state index in [1.54, 1.807) is 0 Å². The van der Waals surface area contributed by atoms with Crippen molar-refractivity contribution in [3.8, 4) is 16.9 Å². The zero-order valence-corrected chi connectivity index (χ0v) is 15.3. The van der Waals surface area contributed by atoms with Crippen LogP contribution < -0.4 is 4.74 Å². The first kappa shape index (κ1) is 18.2. The van der Waals surface area contributed by atoms with Gasteiger partial charge in [0.2, 0.25) is 0 Å². The van der Waals surface area contributed by atoms with Gasteiger partial charge in [-0.2, -0.15) is 0 Å². The number of aliphatic hydroxyl groups is 1. The molecule has 0 amide bonds. The molecule has 3 aromatic rings. The molecule has 3 aromatic carbocycles. The zero-order valence-electron chi connectivity index (χ0n) is 15.3. The summed E-state index contributed by atoms with van der Waals surface area (Å²) in [5.41, 5.74) is 4.89. The predicted octanol–water partition coefficient (Wildman–Crippen LogP) is 5.81. The summed E-state index contributed by atoms with van der Waals surface area (Å²) in [6.07, 6.45) is 1.77. The van der Waals surface area contributed by atoms with Crippen molar-refractivity contribution < 1.29 is 9.84 Å². The molecule has 1 unspecified atom stereocenters. The lowest BCUT2D eigenvalue weighted by Crippen LogP contribution is -2.01. The first-order valence-electron chi connectivity index (χ1n) is 9.25. The second kappa shape index (κ2) is 9.21.